The maximum atomic E-state index is 8.86. The second kappa shape index (κ2) is 9.21. The summed E-state index contributed by atoms with van der Waals surface area (Å²) in [4.78, 5) is 0. The summed E-state index contributed by atoms with van der Waals surface area (Å²) in [6, 6.07) is 0. The van der Waals surface area contributed by atoms with E-state index in [0.717, 1.165) is 56.1 Å². The van der Waals surface area contributed by atoms with E-state index in [9.17, 15) is 0 Å². The highest BCUT2D eigenvalue weighted by atomic mass is 16.5. The summed E-state index contributed by atoms with van der Waals surface area (Å²) in [6.45, 7) is 1.92. The van der Waals surface area contributed by atoms with Gasteiger partial charge in [0.15, 0.2) is 0 Å². The van der Waals surface area contributed by atoms with Crippen molar-refractivity contribution in [3.8, 4) is 0 Å². The molecule has 0 amide bonds. The Morgan fingerprint density at radius 1 is 0.808 bits per heavy atom. The molecule has 0 saturated heterocycles. The Morgan fingerprint density at radius 3 is 1.96 bits per heavy atom. The fourth-order valence-electron chi connectivity index (χ4n) is 6.35. The first-order valence-corrected chi connectivity index (χ1v) is 11.3. The highest BCUT2D eigenvalue weighted by Crippen LogP contribution is 2.48. The summed E-state index contributed by atoms with van der Waals surface area (Å²) in [5.74, 6) is 3.67. The van der Waals surface area contributed by atoms with Crippen LogP contribution in [0.3, 0.4) is 0 Å². The number of hydrogen-bond acceptors (Lipinski definition) is 3. The van der Waals surface area contributed by atoms with Gasteiger partial charge in [-0.2, -0.15) is 0 Å². The van der Waals surface area contributed by atoms with Gasteiger partial charge in [-0.3, -0.25) is 0 Å². The minimum absolute atomic E-state index is 0.332. The Morgan fingerprint density at radius 2 is 1.38 bits per heavy atom. The predicted octanol–water partition coefficient (Wildman–Crippen LogP) is 4.88. The largest absolute Gasteiger partial charge is 0.396 e. The van der Waals surface area contributed by atoms with Crippen LogP contribution in [0, 0.1) is 23.7 Å². The molecule has 4 fully saturated rings. The maximum absolute atomic E-state index is 8.86. The summed E-state index contributed by atoms with van der Waals surface area (Å²) in [6.07, 6.45) is 18.8. The molecule has 4 unspecified atom stereocenters. The highest BCUT2D eigenvalue weighted by Gasteiger charge is 2.40. The van der Waals surface area contributed by atoms with Crippen molar-refractivity contribution in [3.05, 3.63) is 11.6 Å². The fourth-order valence-corrected chi connectivity index (χ4v) is 6.35. The molecular formula is C23H38O3. The van der Waals surface area contributed by atoms with Crippen molar-refractivity contribution in [1.82, 2.24) is 0 Å². The number of unbranched alkanes of at least 4 members (excludes halogenated alkanes) is 2. The molecule has 0 heterocycles. The molecule has 0 aromatic heterocycles. The van der Waals surface area contributed by atoms with Crippen LogP contribution in [-0.4, -0.2) is 37.1 Å². The monoisotopic (exact) mass is 362 g/mol. The fraction of sp³-hybridized carbons (Fsp3) is 0.913. The smallest absolute Gasteiger partial charge is 0.0704 e. The summed E-state index contributed by atoms with van der Waals surface area (Å²) in [5.41, 5.74) is 1.67. The van der Waals surface area contributed by atoms with Gasteiger partial charge in [0, 0.05) is 6.61 Å². The van der Waals surface area contributed by atoms with Crippen molar-refractivity contribution in [3.63, 3.8) is 0 Å². The van der Waals surface area contributed by atoms with Gasteiger partial charge in [0.25, 0.3) is 0 Å². The topological polar surface area (TPSA) is 38.7 Å². The van der Waals surface area contributed by atoms with Gasteiger partial charge in [0.2, 0.25) is 0 Å². The van der Waals surface area contributed by atoms with Gasteiger partial charge < -0.3 is 14.6 Å². The Bertz CT molecular complexity index is 446. The van der Waals surface area contributed by atoms with Gasteiger partial charge in [-0.05, 0) is 81.5 Å². The van der Waals surface area contributed by atoms with E-state index in [1.165, 1.54) is 57.8 Å². The van der Waals surface area contributed by atoms with Crippen molar-refractivity contribution in [2.24, 2.45) is 23.7 Å². The molecule has 26 heavy (non-hydrogen) atoms. The molecule has 4 atom stereocenters. The Labute approximate surface area is 159 Å². The van der Waals surface area contributed by atoms with Crippen molar-refractivity contribution >= 4 is 0 Å². The first-order valence-electron chi connectivity index (χ1n) is 11.3. The molecule has 3 nitrogen and oxygen atoms in total. The van der Waals surface area contributed by atoms with E-state index in [1.54, 1.807) is 5.57 Å². The number of aliphatic hydroxyl groups is 1. The molecule has 4 aliphatic carbocycles. The lowest BCUT2D eigenvalue weighted by molar-refractivity contribution is -0.0218. The first kappa shape index (κ1) is 19.0. The van der Waals surface area contributed by atoms with E-state index in [1.807, 2.05) is 0 Å². The Kier molecular flexibility index (Phi) is 6.72. The van der Waals surface area contributed by atoms with Crippen LogP contribution in [0.4, 0.5) is 0 Å². The third kappa shape index (κ3) is 4.72. The number of hydrogen-bond donors (Lipinski definition) is 1. The van der Waals surface area contributed by atoms with E-state index >= 15 is 0 Å². The third-order valence-corrected chi connectivity index (χ3v) is 7.63. The molecule has 1 N–H and O–H groups in total. The summed E-state index contributed by atoms with van der Waals surface area (Å²) >= 11 is 0. The summed E-state index contributed by atoms with van der Waals surface area (Å²) < 4.78 is 12.3. The zero-order valence-electron chi connectivity index (χ0n) is 16.4. The molecule has 148 valence electrons. The zero-order valence-corrected chi connectivity index (χ0v) is 16.4. The minimum atomic E-state index is 0.332. The number of ether oxygens (including phenoxy) is 2. The van der Waals surface area contributed by atoms with Crippen molar-refractivity contribution in [2.75, 3.05) is 19.8 Å². The average Bonchev–Trinajstić information content (AvgIpc) is 3.35. The second-order valence-corrected chi connectivity index (χ2v) is 9.39. The standard InChI is InChI=1S/C23H38O3/c24-8-3-1-2-5-17-11-20-15-23(16-21(20)12-17)26-10-9-25-22-13-18-6-4-7-19(18)14-22/h5,18-24H,1-4,6-16H2. The highest BCUT2D eigenvalue weighted by molar-refractivity contribution is 5.13. The lowest BCUT2D eigenvalue weighted by Gasteiger charge is -2.16. The van der Waals surface area contributed by atoms with E-state index in [0.29, 0.717) is 18.8 Å². The van der Waals surface area contributed by atoms with E-state index in [-0.39, 0.29) is 0 Å². The van der Waals surface area contributed by atoms with E-state index in [4.69, 9.17) is 14.6 Å². The lowest BCUT2D eigenvalue weighted by atomic mass is 10.0. The van der Waals surface area contributed by atoms with Gasteiger partial charge in [-0.15, -0.1) is 0 Å². The Hall–Kier alpha value is -0.380. The van der Waals surface area contributed by atoms with Gasteiger partial charge in [-0.1, -0.05) is 30.9 Å². The van der Waals surface area contributed by atoms with Crippen LogP contribution in [-0.2, 0) is 9.47 Å². The maximum Gasteiger partial charge on any atom is 0.0704 e. The van der Waals surface area contributed by atoms with Crippen LogP contribution in [0.25, 0.3) is 0 Å². The van der Waals surface area contributed by atoms with E-state index < -0.39 is 0 Å². The van der Waals surface area contributed by atoms with Crippen LogP contribution >= 0.6 is 0 Å². The molecule has 0 radical (unpaired) electrons. The van der Waals surface area contributed by atoms with Crippen LogP contribution in [0.2, 0.25) is 0 Å². The van der Waals surface area contributed by atoms with Gasteiger partial charge in [-0.25, -0.2) is 0 Å². The van der Waals surface area contributed by atoms with Crippen LogP contribution in [0.5, 0.6) is 0 Å². The number of rotatable bonds is 9. The minimum Gasteiger partial charge on any atom is -0.396 e. The third-order valence-electron chi connectivity index (χ3n) is 7.63. The molecule has 3 heteroatoms. The lowest BCUT2D eigenvalue weighted by Crippen LogP contribution is -2.18. The molecule has 0 spiro atoms. The normalized spacial score (nSPS) is 38.7. The van der Waals surface area contributed by atoms with Gasteiger partial charge >= 0.3 is 0 Å². The molecule has 0 aromatic rings. The second-order valence-electron chi connectivity index (χ2n) is 9.39. The molecule has 0 aromatic carbocycles. The number of fused-ring (bicyclic) bond motifs is 2. The quantitative estimate of drug-likeness (QED) is 0.469. The number of aliphatic hydroxyl groups excluding tert-OH is 1. The zero-order chi connectivity index (χ0) is 17.8. The van der Waals surface area contributed by atoms with Crippen LogP contribution in [0.15, 0.2) is 11.6 Å². The van der Waals surface area contributed by atoms with Crippen LogP contribution < -0.4 is 0 Å². The van der Waals surface area contributed by atoms with Crippen LogP contribution in [0.1, 0.15) is 77.0 Å². The van der Waals surface area contributed by atoms with Crippen molar-refractivity contribution in [1.29, 1.82) is 0 Å². The SMILES string of the molecule is OCCCCC=C1CC2CC(OCCOC3CC4CCCC4C3)CC2C1. The van der Waals surface area contributed by atoms with E-state index in [2.05, 4.69) is 6.08 Å². The molecule has 0 bridgehead atoms. The summed E-state index contributed by atoms with van der Waals surface area (Å²) in [5, 5.41) is 8.86. The predicted molar refractivity (Wildman–Crippen MR) is 104 cm³/mol. The molecular weight excluding hydrogens is 324 g/mol. The van der Waals surface area contributed by atoms with Crippen molar-refractivity contribution < 1.29 is 14.6 Å². The Balaban J connectivity index is 1.08. The average molecular weight is 363 g/mol. The number of allylic oxidation sites excluding steroid dienone is 2. The molecule has 4 aliphatic rings. The molecule has 0 aliphatic heterocycles. The van der Waals surface area contributed by atoms with Gasteiger partial charge in [0.05, 0.1) is 25.4 Å². The van der Waals surface area contributed by atoms with Crippen molar-refractivity contribution in [2.45, 2.75) is 89.3 Å². The molecule has 4 saturated carbocycles. The van der Waals surface area contributed by atoms with Gasteiger partial charge in [0.1, 0.15) is 0 Å². The first-order chi connectivity index (χ1) is 12.8. The summed E-state index contributed by atoms with van der Waals surface area (Å²) in [7, 11) is 0. The molecule has 4 rings (SSSR count).